The first-order chi connectivity index (χ1) is 45.6. The van der Waals surface area contributed by atoms with Crippen LogP contribution in [0.4, 0.5) is 34.1 Å². The Morgan fingerprint density at radius 1 is 0.217 bits per heavy atom. The van der Waals surface area contributed by atoms with Gasteiger partial charge >= 0.3 is 0 Å². The van der Waals surface area contributed by atoms with Crippen LogP contribution in [0.2, 0.25) is 0 Å². The Kier molecular flexibility index (Phi) is 12.5. The molecule has 0 atom stereocenters. The molecule has 6 heteroatoms. The van der Waals surface area contributed by atoms with Gasteiger partial charge in [-0.25, -0.2) is 0 Å². The summed E-state index contributed by atoms with van der Waals surface area (Å²) in [5.41, 5.74) is 21.4. The fourth-order valence-electron chi connectivity index (χ4n) is 14.0. The molecule has 0 aliphatic heterocycles. The van der Waals surface area contributed by atoms with Gasteiger partial charge in [-0.3, -0.25) is 0 Å². The Morgan fingerprint density at radius 2 is 0.522 bits per heavy atom. The average molecular weight is 1180 g/mol. The molecule has 0 saturated carbocycles. The van der Waals surface area contributed by atoms with Crippen molar-refractivity contribution >= 4 is 110 Å². The zero-order chi connectivity index (χ0) is 60.6. The number of benzene rings is 14. The molecule has 0 radical (unpaired) electrons. The fraction of sp³-hybridized carbons (Fsp3) is 0. The summed E-state index contributed by atoms with van der Waals surface area (Å²) in [7, 11) is 0. The molecule has 0 N–H and O–H groups in total. The molecule has 18 rings (SSSR count). The summed E-state index contributed by atoms with van der Waals surface area (Å²) < 4.78 is 17.6. The number of aromatic nitrogens is 2. The van der Waals surface area contributed by atoms with Crippen molar-refractivity contribution in [2.45, 2.75) is 0 Å². The van der Waals surface area contributed by atoms with Crippen LogP contribution in [-0.2, 0) is 0 Å². The molecule has 0 unspecified atom stereocenters. The van der Waals surface area contributed by atoms with E-state index in [1.165, 1.54) is 43.4 Å². The van der Waals surface area contributed by atoms with Crippen LogP contribution in [0.5, 0.6) is 0 Å². The quantitative estimate of drug-likeness (QED) is 0.122. The number of nitrogens with zero attached hydrogens (tertiary/aromatic N) is 4. The van der Waals surface area contributed by atoms with Gasteiger partial charge in [0, 0.05) is 88.9 Å². The number of anilines is 6. The van der Waals surface area contributed by atoms with Crippen LogP contribution in [0.1, 0.15) is 0 Å². The second kappa shape index (κ2) is 21.7. The Bertz CT molecular complexity index is 5340. The zero-order valence-electron chi connectivity index (χ0n) is 49.9. The molecule has 4 aromatic heterocycles. The van der Waals surface area contributed by atoms with Gasteiger partial charge in [-0.1, -0.05) is 182 Å². The van der Waals surface area contributed by atoms with Gasteiger partial charge in [0.2, 0.25) is 0 Å². The largest absolute Gasteiger partial charge is 0.456 e. The van der Waals surface area contributed by atoms with Gasteiger partial charge in [0.25, 0.3) is 0 Å². The van der Waals surface area contributed by atoms with E-state index in [2.05, 4.69) is 334 Å². The second-order valence-corrected chi connectivity index (χ2v) is 23.6. The number of para-hydroxylation sites is 4. The highest BCUT2D eigenvalue weighted by Crippen LogP contribution is 2.47. The highest BCUT2D eigenvalue weighted by atomic mass is 16.3. The maximum atomic E-state index is 6.36. The van der Waals surface area contributed by atoms with E-state index in [1.807, 2.05) is 24.3 Å². The molecule has 6 nitrogen and oxygen atoms in total. The number of hydrogen-bond acceptors (Lipinski definition) is 4. The molecule has 92 heavy (non-hydrogen) atoms. The molecule has 0 aliphatic rings. The monoisotopic (exact) mass is 1180 g/mol. The Balaban J connectivity index is 0.809. The lowest BCUT2D eigenvalue weighted by molar-refractivity contribution is 0.631. The van der Waals surface area contributed by atoms with E-state index in [1.54, 1.807) is 0 Å². The summed E-state index contributed by atoms with van der Waals surface area (Å²) in [6.07, 6.45) is 0. The van der Waals surface area contributed by atoms with Crippen LogP contribution in [-0.4, -0.2) is 9.13 Å². The smallest absolute Gasteiger partial charge is 0.135 e. The molecule has 0 saturated heterocycles. The molecule has 0 spiro atoms. The number of hydrogen-bond donors (Lipinski definition) is 0. The number of furan rings is 2. The van der Waals surface area contributed by atoms with Crippen molar-refractivity contribution in [2.75, 3.05) is 9.80 Å². The SMILES string of the molecule is c1ccc(-c2ccc(N(c3ccc(-c4cc5ccccc5o4)cc3)c3ccc4c5c6ccc7c(c6ccc5n(-c5ccccc5)c4c3)c3ccc(N(c4ccc(-c5ccccc5)cc4)c4ccc(-c5cc6ccccc6o5)cc4)cc3n7-c3ccccc3)cc2)cc1. The Labute approximate surface area is 531 Å². The maximum absolute atomic E-state index is 6.36. The van der Waals surface area contributed by atoms with Gasteiger partial charge in [0.1, 0.15) is 22.7 Å². The molecule has 0 aliphatic carbocycles. The van der Waals surface area contributed by atoms with Crippen LogP contribution in [0.25, 0.3) is 133 Å². The van der Waals surface area contributed by atoms with Crippen LogP contribution in [0.3, 0.4) is 0 Å². The van der Waals surface area contributed by atoms with Crippen molar-refractivity contribution < 1.29 is 8.83 Å². The number of fused-ring (bicyclic) bond motifs is 11. The van der Waals surface area contributed by atoms with E-state index in [0.29, 0.717) is 0 Å². The van der Waals surface area contributed by atoms with Crippen molar-refractivity contribution in [3.63, 3.8) is 0 Å². The van der Waals surface area contributed by atoms with Crippen LogP contribution < -0.4 is 9.80 Å². The Morgan fingerprint density at radius 3 is 0.891 bits per heavy atom. The standard InChI is InChI=1S/C86H56N4O2/c1-5-17-57(18-6-1)59-29-37-67(38-30-59)87(69-41-33-61(34-42-69)83-53-63-21-13-15-27-81(63)91-83)71-45-47-75-79(55-71)89(65-23-9-3-10-24-65)77-51-49-74-73(85(75)77)50-52-78-86(74)76-48-46-72(56-80(76)90(78)66-25-11-4-12-26-66)88(68-39-31-60(32-40-68)58-19-7-2-8-20-58)70-43-35-62(36-44-70)84-54-64-22-14-16-28-82(64)92-84/h1-56H. The normalized spacial score (nSPS) is 11.7. The molecule has 4 heterocycles. The summed E-state index contributed by atoms with van der Waals surface area (Å²) in [4.78, 5) is 4.74. The van der Waals surface area contributed by atoms with E-state index in [-0.39, 0.29) is 0 Å². The third kappa shape index (κ3) is 8.95. The van der Waals surface area contributed by atoms with E-state index in [0.717, 1.165) is 123 Å². The summed E-state index contributed by atoms with van der Waals surface area (Å²) in [5.74, 6) is 1.69. The van der Waals surface area contributed by atoms with Gasteiger partial charge in [0.05, 0.1) is 22.1 Å². The summed E-state index contributed by atoms with van der Waals surface area (Å²) in [6.45, 7) is 0. The minimum absolute atomic E-state index is 0.843. The first-order valence-electron chi connectivity index (χ1n) is 31.3. The maximum Gasteiger partial charge on any atom is 0.135 e. The fourth-order valence-corrected chi connectivity index (χ4v) is 14.0. The van der Waals surface area contributed by atoms with E-state index in [9.17, 15) is 0 Å². The van der Waals surface area contributed by atoms with Crippen LogP contribution in [0.15, 0.2) is 349 Å². The minimum atomic E-state index is 0.843. The third-order valence-corrected chi connectivity index (χ3v) is 18.3. The van der Waals surface area contributed by atoms with Crippen LogP contribution in [0, 0.1) is 0 Å². The van der Waals surface area contributed by atoms with E-state index >= 15 is 0 Å². The van der Waals surface area contributed by atoms with E-state index in [4.69, 9.17) is 8.83 Å². The summed E-state index contributed by atoms with van der Waals surface area (Å²) in [5, 5.41) is 9.31. The molecular formula is C86H56N4O2. The van der Waals surface area contributed by atoms with Gasteiger partial charge < -0.3 is 27.8 Å². The lowest BCUT2D eigenvalue weighted by Gasteiger charge is -2.26. The molecule has 0 fully saturated rings. The van der Waals surface area contributed by atoms with Gasteiger partial charge in [-0.2, -0.15) is 0 Å². The van der Waals surface area contributed by atoms with E-state index < -0.39 is 0 Å². The molecule has 432 valence electrons. The van der Waals surface area contributed by atoms with Crippen molar-refractivity contribution in [3.05, 3.63) is 340 Å². The second-order valence-electron chi connectivity index (χ2n) is 23.6. The van der Waals surface area contributed by atoms with Gasteiger partial charge in [-0.15, -0.1) is 0 Å². The zero-order valence-corrected chi connectivity index (χ0v) is 49.9. The number of rotatable bonds is 12. The van der Waals surface area contributed by atoms with Crippen molar-refractivity contribution in [1.82, 2.24) is 9.13 Å². The third-order valence-electron chi connectivity index (χ3n) is 18.3. The first-order valence-corrected chi connectivity index (χ1v) is 31.3. The summed E-state index contributed by atoms with van der Waals surface area (Å²) in [6, 6.07) is 122. The van der Waals surface area contributed by atoms with Gasteiger partial charge in [-0.05, 0) is 191 Å². The first kappa shape index (κ1) is 52.7. The highest BCUT2D eigenvalue weighted by Gasteiger charge is 2.24. The predicted molar refractivity (Wildman–Crippen MR) is 383 cm³/mol. The van der Waals surface area contributed by atoms with Crippen LogP contribution >= 0.6 is 0 Å². The molecule has 0 amide bonds. The van der Waals surface area contributed by atoms with Crippen molar-refractivity contribution in [2.24, 2.45) is 0 Å². The summed E-state index contributed by atoms with van der Waals surface area (Å²) >= 11 is 0. The van der Waals surface area contributed by atoms with Gasteiger partial charge in [0.15, 0.2) is 0 Å². The highest BCUT2D eigenvalue weighted by molar-refractivity contribution is 6.30. The van der Waals surface area contributed by atoms with Crippen molar-refractivity contribution in [1.29, 1.82) is 0 Å². The Hall–Kier alpha value is -12.4. The lowest BCUT2D eigenvalue weighted by Crippen LogP contribution is -2.10. The molecule has 18 aromatic rings. The minimum Gasteiger partial charge on any atom is -0.456 e. The molecule has 14 aromatic carbocycles. The molecular weight excluding hydrogens is 1120 g/mol. The topological polar surface area (TPSA) is 42.6 Å². The predicted octanol–water partition coefficient (Wildman–Crippen LogP) is 24.1. The lowest BCUT2D eigenvalue weighted by atomic mass is 9.99. The van der Waals surface area contributed by atoms with Crippen molar-refractivity contribution in [3.8, 4) is 56.3 Å². The molecule has 0 bridgehead atoms. The average Bonchev–Trinajstić information content (AvgIpc) is 1.55.